The molecule has 3 aromatic rings. The van der Waals surface area contributed by atoms with Gasteiger partial charge in [-0.15, -0.1) is 0 Å². The van der Waals surface area contributed by atoms with Crippen LogP contribution >= 0.6 is 0 Å². The summed E-state index contributed by atoms with van der Waals surface area (Å²) in [6, 6.07) is 24.3. The summed E-state index contributed by atoms with van der Waals surface area (Å²) in [6.07, 6.45) is 1.93. The lowest BCUT2D eigenvalue weighted by Gasteiger charge is -2.06. The third-order valence-corrected chi connectivity index (χ3v) is 3.33. The van der Waals surface area contributed by atoms with E-state index in [2.05, 4.69) is 41.2 Å². The Morgan fingerprint density at radius 3 is 2.15 bits per heavy atom. The highest BCUT2D eigenvalue weighted by molar-refractivity contribution is 5.71. The second kappa shape index (κ2) is 11.8. The number of hydrogen-bond donors (Lipinski definition) is 2. The zero-order valence-electron chi connectivity index (χ0n) is 14.5. The van der Waals surface area contributed by atoms with Crippen LogP contribution in [0.25, 0.3) is 11.3 Å². The number of rotatable bonds is 4. The highest BCUT2D eigenvalue weighted by atomic mass is 79.9. The maximum absolute atomic E-state index is 9.58. The molecular weight excluding hydrogens is 394 g/mol. The Hall–Kier alpha value is -2.70. The van der Waals surface area contributed by atoms with Gasteiger partial charge in [0.25, 0.3) is 0 Å². The first kappa shape index (κ1) is 21.3. The minimum absolute atomic E-state index is 0. The van der Waals surface area contributed by atoms with E-state index in [1.165, 1.54) is 12.5 Å². The molecule has 4 N–H and O–H groups in total. The lowest BCUT2D eigenvalue weighted by Crippen LogP contribution is -3.00. The maximum atomic E-state index is 9.58. The molecule has 0 aliphatic carbocycles. The van der Waals surface area contributed by atoms with E-state index in [0.717, 1.165) is 17.0 Å². The molecular formula is C20H22BrN3O2. The van der Waals surface area contributed by atoms with Crippen molar-refractivity contribution in [3.63, 3.8) is 0 Å². The molecule has 0 bridgehead atoms. The van der Waals surface area contributed by atoms with Gasteiger partial charge in [0, 0.05) is 24.6 Å². The van der Waals surface area contributed by atoms with E-state index in [0.29, 0.717) is 6.61 Å². The number of carbonyl (C=O) groups is 1. The molecule has 0 unspecified atom stereocenters. The summed E-state index contributed by atoms with van der Waals surface area (Å²) >= 11 is 0. The van der Waals surface area contributed by atoms with Gasteiger partial charge in [-0.3, -0.25) is 10.2 Å². The minimum atomic E-state index is -0.218. The topological polar surface area (TPSA) is 78.5 Å². The van der Waals surface area contributed by atoms with E-state index >= 15 is 0 Å². The van der Waals surface area contributed by atoms with E-state index < -0.39 is 0 Å². The van der Waals surface area contributed by atoms with E-state index in [-0.39, 0.29) is 22.9 Å². The van der Waals surface area contributed by atoms with Crippen LogP contribution in [0.3, 0.4) is 0 Å². The number of nitrogens with two attached hydrogens (primary N) is 1. The van der Waals surface area contributed by atoms with Crippen LogP contribution in [0.4, 0.5) is 0 Å². The number of halogens is 1. The largest absolute Gasteiger partial charge is 1.00 e. The predicted molar refractivity (Wildman–Crippen MR) is 97.2 cm³/mol. The van der Waals surface area contributed by atoms with Crippen LogP contribution in [0.5, 0.6) is 5.75 Å². The first-order valence-corrected chi connectivity index (χ1v) is 7.90. The fourth-order valence-corrected chi connectivity index (χ4v) is 2.04. The predicted octanol–water partition coefficient (Wildman–Crippen LogP) is -0.253. The van der Waals surface area contributed by atoms with Gasteiger partial charge in [-0.1, -0.05) is 30.3 Å². The summed E-state index contributed by atoms with van der Waals surface area (Å²) in [5.41, 5.74) is 5.31. The molecule has 3 rings (SSSR count). The van der Waals surface area contributed by atoms with Gasteiger partial charge in [-0.25, -0.2) is 10.8 Å². The number of hydrazine groups is 1. The molecule has 0 saturated heterocycles. The monoisotopic (exact) mass is 415 g/mol. The number of hydrogen-bond acceptors (Lipinski definition) is 3. The second-order valence-corrected chi connectivity index (χ2v) is 5.28. The van der Waals surface area contributed by atoms with Crippen LogP contribution in [0.15, 0.2) is 79.0 Å². The zero-order chi connectivity index (χ0) is 17.9. The van der Waals surface area contributed by atoms with Gasteiger partial charge in [0.15, 0.2) is 6.20 Å². The molecule has 0 spiro atoms. The molecule has 1 heterocycles. The molecule has 0 fully saturated rings. The lowest BCUT2D eigenvalue weighted by atomic mass is 10.1. The SMILES string of the molecule is CC(=O)NN.[Br-].c1ccc(COc2ccc(-c3cccc[nH+]3)cc2)cc1. The van der Waals surface area contributed by atoms with Crippen molar-refractivity contribution < 1.29 is 31.5 Å². The Morgan fingerprint density at radius 2 is 1.62 bits per heavy atom. The Balaban J connectivity index is 0.000000501. The van der Waals surface area contributed by atoms with E-state index in [1.807, 2.05) is 54.1 Å². The Bertz CT molecular complexity index is 766. The van der Waals surface area contributed by atoms with Crippen LogP contribution in [0, 0.1) is 0 Å². The molecule has 136 valence electrons. The number of carbonyl (C=O) groups excluding carboxylic acids is 1. The zero-order valence-corrected chi connectivity index (χ0v) is 16.1. The molecule has 26 heavy (non-hydrogen) atoms. The molecule has 5 nitrogen and oxygen atoms in total. The number of ether oxygens (including phenoxy) is 1. The molecule has 0 atom stereocenters. The highest BCUT2D eigenvalue weighted by Gasteiger charge is 2.03. The molecule has 1 aromatic heterocycles. The third kappa shape index (κ3) is 7.46. The fourth-order valence-electron chi connectivity index (χ4n) is 2.04. The average molecular weight is 416 g/mol. The van der Waals surface area contributed by atoms with Crippen molar-refractivity contribution in [1.29, 1.82) is 0 Å². The van der Waals surface area contributed by atoms with Crippen molar-refractivity contribution >= 4 is 5.91 Å². The summed E-state index contributed by atoms with van der Waals surface area (Å²) in [5.74, 6) is 5.24. The van der Waals surface area contributed by atoms with Gasteiger partial charge in [0.2, 0.25) is 11.6 Å². The standard InChI is InChI=1S/C18H15NO.C2H6N2O.BrH/c1-2-6-15(7-3-1)14-20-17-11-9-16(10-12-17)18-8-4-5-13-19-18;1-2(5)4-3;/h1-13H,14H2;3H2,1H3,(H,4,5);1H. The summed E-state index contributed by atoms with van der Waals surface area (Å²) in [6.45, 7) is 1.94. The summed E-state index contributed by atoms with van der Waals surface area (Å²) in [7, 11) is 0. The first-order chi connectivity index (χ1) is 12.2. The van der Waals surface area contributed by atoms with Crippen LogP contribution < -0.4 is 38.0 Å². The molecule has 0 aliphatic rings. The average Bonchev–Trinajstić information content (AvgIpc) is 2.69. The summed E-state index contributed by atoms with van der Waals surface area (Å²) in [5, 5.41) is 0. The lowest BCUT2D eigenvalue weighted by molar-refractivity contribution is -0.364. The van der Waals surface area contributed by atoms with Gasteiger partial charge >= 0.3 is 0 Å². The first-order valence-electron chi connectivity index (χ1n) is 7.90. The summed E-state index contributed by atoms with van der Waals surface area (Å²) < 4.78 is 5.77. The number of aromatic amines is 1. The smallest absolute Gasteiger partial charge is 0.230 e. The van der Waals surface area contributed by atoms with E-state index in [1.54, 1.807) is 0 Å². The summed E-state index contributed by atoms with van der Waals surface area (Å²) in [4.78, 5) is 12.8. The van der Waals surface area contributed by atoms with Crippen LogP contribution in [0.2, 0.25) is 0 Å². The van der Waals surface area contributed by atoms with Gasteiger partial charge in [0.05, 0.1) is 0 Å². The van der Waals surface area contributed by atoms with Gasteiger partial charge in [-0.05, 0) is 35.9 Å². The van der Waals surface area contributed by atoms with Crippen molar-refractivity contribution in [2.75, 3.05) is 0 Å². The second-order valence-electron chi connectivity index (χ2n) is 5.28. The van der Waals surface area contributed by atoms with Crippen molar-refractivity contribution in [1.82, 2.24) is 5.43 Å². The Labute approximate surface area is 164 Å². The van der Waals surface area contributed by atoms with Crippen molar-refractivity contribution in [3.05, 3.63) is 84.6 Å². The van der Waals surface area contributed by atoms with Crippen molar-refractivity contribution in [2.45, 2.75) is 13.5 Å². The number of H-pyrrole nitrogens is 1. The number of benzene rings is 2. The van der Waals surface area contributed by atoms with Crippen molar-refractivity contribution in [3.8, 4) is 17.0 Å². The van der Waals surface area contributed by atoms with E-state index in [9.17, 15) is 4.79 Å². The molecule has 2 aromatic carbocycles. The van der Waals surface area contributed by atoms with Crippen LogP contribution in [-0.4, -0.2) is 5.91 Å². The van der Waals surface area contributed by atoms with Crippen LogP contribution in [0.1, 0.15) is 12.5 Å². The van der Waals surface area contributed by atoms with Gasteiger partial charge < -0.3 is 21.7 Å². The van der Waals surface area contributed by atoms with Gasteiger partial charge in [-0.2, -0.15) is 0 Å². The van der Waals surface area contributed by atoms with Crippen molar-refractivity contribution in [2.24, 2.45) is 5.84 Å². The molecule has 0 saturated carbocycles. The molecule has 6 heteroatoms. The third-order valence-electron chi connectivity index (χ3n) is 3.33. The molecule has 0 radical (unpaired) electrons. The van der Waals surface area contributed by atoms with Gasteiger partial charge in [0.1, 0.15) is 12.4 Å². The highest BCUT2D eigenvalue weighted by Crippen LogP contribution is 2.19. The number of nitrogens with one attached hydrogen (secondary N) is 2. The molecule has 1 amide bonds. The Kier molecular flexibility index (Phi) is 9.67. The number of pyridine rings is 1. The fraction of sp³-hybridized carbons (Fsp3) is 0.100. The Morgan fingerprint density at radius 1 is 1.00 bits per heavy atom. The maximum Gasteiger partial charge on any atom is 0.230 e. The number of aromatic nitrogens is 1. The van der Waals surface area contributed by atoms with Crippen LogP contribution in [-0.2, 0) is 11.4 Å². The number of amides is 1. The normalized spacial score (nSPS) is 9.15. The quantitative estimate of drug-likeness (QED) is 0.350. The minimum Gasteiger partial charge on any atom is -1.00 e. The van der Waals surface area contributed by atoms with E-state index in [4.69, 9.17) is 4.74 Å². The molecule has 0 aliphatic heterocycles.